The van der Waals surface area contributed by atoms with Crippen LogP contribution in [0.5, 0.6) is 11.5 Å². The molecule has 0 saturated heterocycles. The van der Waals surface area contributed by atoms with E-state index < -0.39 is 17.2 Å². The van der Waals surface area contributed by atoms with Crippen molar-refractivity contribution in [1.29, 1.82) is 0 Å². The van der Waals surface area contributed by atoms with Gasteiger partial charge in [-0.05, 0) is 30.2 Å². The number of hydrogen-bond acceptors (Lipinski definition) is 8. The molecule has 156 valence electrons. The molecule has 0 bridgehead atoms. The van der Waals surface area contributed by atoms with Gasteiger partial charge in [-0.2, -0.15) is 10.2 Å². The first-order valence-electron chi connectivity index (χ1n) is 8.98. The first-order chi connectivity index (χ1) is 14.0. The third kappa shape index (κ3) is 7.45. The Hall–Kier alpha value is -3.08. The van der Waals surface area contributed by atoms with Crippen molar-refractivity contribution >= 4 is 23.9 Å². The predicted octanol–water partition coefficient (Wildman–Crippen LogP) is 1.28. The molecule has 0 aliphatic heterocycles. The van der Waals surface area contributed by atoms with Crippen molar-refractivity contribution in [3.05, 3.63) is 44.6 Å². The topological polar surface area (TPSA) is 139 Å². The molecule has 1 aromatic carbocycles. The van der Waals surface area contributed by atoms with Crippen molar-refractivity contribution < 1.29 is 14.3 Å². The molecule has 0 saturated carbocycles. The van der Waals surface area contributed by atoms with Gasteiger partial charge in [-0.15, -0.1) is 0 Å². The third-order valence-electron chi connectivity index (χ3n) is 3.62. The Morgan fingerprint density at radius 2 is 2.14 bits per heavy atom. The normalized spacial score (nSPS) is 10.8. The number of ether oxygens (including phenoxy) is 2. The quantitative estimate of drug-likeness (QED) is 0.215. The summed E-state index contributed by atoms with van der Waals surface area (Å²) in [6.07, 6.45) is 4.68. The summed E-state index contributed by atoms with van der Waals surface area (Å²) in [7, 11) is 1.56. The van der Waals surface area contributed by atoms with Gasteiger partial charge in [0, 0.05) is 0 Å². The number of aromatic nitrogens is 3. The fourth-order valence-corrected chi connectivity index (χ4v) is 2.82. The van der Waals surface area contributed by atoms with Gasteiger partial charge in [0.05, 0.1) is 25.7 Å². The van der Waals surface area contributed by atoms with Gasteiger partial charge in [0.15, 0.2) is 16.5 Å². The van der Waals surface area contributed by atoms with Gasteiger partial charge in [0.25, 0.3) is 5.56 Å². The van der Waals surface area contributed by atoms with Crippen LogP contribution in [0.15, 0.2) is 37.9 Å². The van der Waals surface area contributed by atoms with Crippen LogP contribution < -0.4 is 26.1 Å². The highest BCUT2D eigenvalue weighted by Crippen LogP contribution is 2.27. The van der Waals surface area contributed by atoms with E-state index in [1.165, 1.54) is 6.21 Å². The van der Waals surface area contributed by atoms with E-state index in [4.69, 9.17) is 9.47 Å². The lowest BCUT2D eigenvalue weighted by molar-refractivity contribution is -0.118. The van der Waals surface area contributed by atoms with E-state index in [1.54, 1.807) is 25.3 Å². The minimum Gasteiger partial charge on any atom is -0.493 e. The highest BCUT2D eigenvalue weighted by atomic mass is 32.2. The Bertz CT molecular complexity index is 956. The van der Waals surface area contributed by atoms with Crippen LogP contribution in [0.25, 0.3) is 0 Å². The molecule has 0 spiro atoms. The molecule has 0 aliphatic carbocycles. The standard InChI is InChI=1S/C18H23N5O5S/c1-3-4-5-8-28-13-7-6-12(9-14(13)27-2)10-19-21-15(24)11-29-17-16(25)20-18(26)23-22-17/h6-7,9-10H,3-5,8,11H2,1-2H3,(H,21,24)(H2,20,23,25,26)/b19-10+. The van der Waals surface area contributed by atoms with Gasteiger partial charge >= 0.3 is 5.69 Å². The highest BCUT2D eigenvalue weighted by Gasteiger charge is 2.08. The molecule has 0 radical (unpaired) electrons. The summed E-state index contributed by atoms with van der Waals surface area (Å²) in [6, 6.07) is 5.34. The SMILES string of the molecule is CCCCCOc1ccc(/C=N/NC(=O)CSc2n[nH]c(=O)[nH]c2=O)cc1OC. The second-order valence-electron chi connectivity index (χ2n) is 5.86. The van der Waals surface area contributed by atoms with Gasteiger partial charge < -0.3 is 9.47 Å². The molecule has 1 amide bonds. The second-order valence-corrected chi connectivity index (χ2v) is 6.82. The summed E-state index contributed by atoms with van der Waals surface area (Å²) in [4.78, 5) is 36.3. The smallest absolute Gasteiger partial charge is 0.342 e. The predicted molar refractivity (Wildman–Crippen MR) is 110 cm³/mol. The molecule has 0 aliphatic rings. The van der Waals surface area contributed by atoms with Crippen molar-refractivity contribution in [2.75, 3.05) is 19.5 Å². The summed E-state index contributed by atoms with van der Waals surface area (Å²) >= 11 is 0.882. The molecule has 29 heavy (non-hydrogen) atoms. The number of unbranched alkanes of at least 4 members (excludes halogenated alkanes) is 2. The van der Waals surface area contributed by atoms with E-state index in [2.05, 4.69) is 27.6 Å². The lowest BCUT2D eigenvalue weighted by Gasteiger charge is -2.11. The largest absolute Gasteiger partial charge is 0.493 e. The number of H-pyrrole nitrogens is 2. The van der Waals surface area contributed by atoms with Crippen molar-refractivity contribution in [2.45, 2.75) is 31.2 Å². The molecule has 2 rings (SSSR count). The molecule has 3 N–H and O–H groups in total. The average molecular weight is 421 g/mol. The van der Waals surface area contributed by atoms with E-state index in [9.17, 15) is 14.4 Å². The number of hydrazone groups is 1. The molecule has 11 heteroatoms. The number of carbonyl (C=O) groups excluding carboxylic acids is 1. The molecular formula is C18H23N5O5S. The van der Waals surface area contributed by atoms with E-state index >= 15 is 0 Å². The number of rotatable bonds is 11. The van der Waals surface area contributed by atoms with Gasteiger partial charge in [-0.25, -0.2) is 15.3 Å². The van der Waals surface area contributed by atoms with E-state index in [1.807, 2.05) is 4.98 Å². The zero-order valence-electron chi connectivity index (χ0n) is 16.2. The average Bonchev–Trinajstić information content (AvgIpc) is 2.71. The number of nitrogens with zero attached hydrogens (tertiary/aromatic N) is 2. The summed E-state index contributed by atoms with van der Waals surface area (Å²) in [5.41, 5.74) is 1.71. The van der Waals surface area contributed by atoms with E-state index in [-0.39, 0.29) is 10.8 Å². The lowest BCUT2D eigenvalue weighted by Crippen LogP contribution is -2.26. The van der Waals surface area contributed by atoms with Crippen LogP contribution in [0.3, 0.4) is 0 Å². The van der Waals surface area contributed by atoms with Crippen LogP contribution in [0.4, 0.5) is 0 Å². The Balaban J connectivity index is 1.86. The first-order valence-corrected chi connectivity index (χ1v) is 9.96. The van der Waals surface area contributed by atoms with Crippen LogP contribution in [-0.4, -0.2) is 46.8 Å². The second kappa shape index (κ2) is 11.7. The maximum absolute atomic E-state index is 11.8. The number of amides is 1. The summed E-state index contributed by atoms with van der Waals surface area (Å²) in [6.45, 7) is 2.75. The fourth-order valence-electron chi connectivity index (χ4n) is 2.20. The summed E-state index contributed by atoms with van der Waals surface area (Å²) < 4.78 is 11.1. The Morgan fingerprint density at radius 3 is 2.86 bits per heavy atom. The molecular weight excluding hydrogens is 398 g/mol. The third-order valence-corrected chi connectivity index (χ3v) is 4.57. The number of benzene rings is 1. The number of hydrogen-bond donors (Lipinski definition) is 3. The van der Waals surface area contributed by atoms with E-state index in [0.717, 1.165) is 36.6 Å². The Kier molecular flexibility index (Phi) is 8.96. The van der Waals surface area contributed by atoms with Crippen molar-refractivity contribution in [3.8, 4) is 11.5 Å². The fraction of sp³-hybridized carbons (Fsp3) is 0.389. The number of thioether (sulfide) groups is 1. The van der Waals surface area contributed by atoms with Gasteiger partial charge in [0.1, 0.15) is 0 Å². The van der Waals surface area contributed by atoms with Crippen LogP contribution >= 0.6 is 11.8 Å². The van der Waals surface area contributed by atoms with Crippen molar-refractivity contribution in [2.24, 2.45) is 5.10 Å². The number of carbonyl (C=O) groups is 1. The zero-order valence-corrected chi connectivity index (χ0v) is 17.0. The summed E-state index contributed by atoms with van der Waals surface area (Å²) in [5, 5.41) is 9.54. The zero-order chi connectivity index (χ0) is 21.1. The van der Waals surface area contributed by atoms with Gasteiger partial charge in [0.2, 0.25) is 5.91 Å². The maximum Gasteiger partial charge on any atom is 0.342 e. The lowest BCUT2D eigenvalue weighted by atomic mass is 10.2. The van der Waals surface area contributed by atoms with Crippen molar-refractivity contribution in [3.63, 3.8) is 0 Å². The first kappa shape index (κ1) is 22.2. The Labute approximate surface area is 171 Å². The molecule has 1 heterocycles. The minimum atomic E-state index is -0.707. The van der Waals surface area contributed by atoms with Gasteiger partial charge in [-0.1, -0.05) is 31.5 Å². The number of nitrogens with one attached hydrogen (secondary N) is 3. The number of aromatic amines is 2. The highest BCUT2D eigenvalue weighted by molar-refractivity contribution is 7.99. The molecule has 0 atom stereocenters. The van der Waals surface area contributed by atoms with Crippen molar-refractivity contribution in [1.82, 2.24) is 20.6 Å². The van der Waals surface area contributed by atoms with Crippen LogP contribution in [-0.2, 0) is 4.79 Å². The number of methoxy groups -OCH3 is 1. The van der Waals surface area contributed by atoms with Crippen LogP contribution in [0, 0.1) is 0 Å². The van der Waals surface area contributed by atoms with Gasteiger partial charge in [-0.3, -0.25) is 14.6 Å². The van der Waals surface area contributed by atoms with E-state index in [0.29, 0.717) is 18.1 Å². The monoisotopic (exact) mass is 421 g/mol. The maximum atomic E-state index is 11.8. The Morgan fingerprint density at radius 1 is 1.31 bits per heavy atom. The molecule has 0 fully saturated rings. The van der Waals surface area contributed by atoms with Crippen LogP contribution in [0.2, 0.25) is 0 Å². The summed E-state index contributed by atoms with van der Waals surface area (Å²) in [5.74, 6) is 0.713. The molecule has 1 aromatic heterocycles. The molecule has 0 unspecified atom stereocenters. The van der Waals surface area contributed by atoms with Crippen LogP contribution in [0.1, 0.15) is 31.7 Å². The molecule has 10 nitrogen and oxygen atoms in total. The minimum absolute atomic E-state index is 0.0111. The molecule has 2 aromatic rings.